The van der Waals surface area contributed by atoms with Crippen LogP contribution in [-0.4, -0.2) is 46.8 Å². The van der Waals surface area contributed by atoms with Gasteiger partial charge in [0.25, 0.3) is 0 Å². The lowest BCUT2D eigenvalue weighted by atomic mass is 10.2. The van der Waals surface area contributed by atoms with Crippen LogP contribution in [0.3, 0.4) is 0 Å². The highest BCUT2D eigenvalue weighted by Crippen LogP contribution is 2.24. The highest BCUT2D eigenvalue weighted by Gasteiger charge is 2.21. The molecule has 8 heteroatoms. The van der Waals surface area contributed by atoms with Gasteiger partial charge in [-0.2, -0.15) is 4.31 Å². The highest BCUT2D eigenvalue weighted by atomic mass is 32.2. The van der Waals surface area contributed by atoms with Gasteiger partial charge in [0, 0.05) is 25.2 Å². The summed E-state index contributed by atoms with van der Waals surface area (Å²) in [6, 6.07) is 6.85. The fourth-order valence-electron chi connectivity index (χ4n) is 2.43. The zero-order valence-corrected chi connectivity index (χ0v) is 15.5. The number of hydrogen-bond acceptors (Lipinski definition) is 5. The van der Waals surface area contributed by atoms with Crippen LogP contribution in [0.4, 0.5) is 0 Å². The van der Waals surface area contributed by atoms with Crippen LogP contribution < -0.4 is 0 Å². The van der Waals surface area contributed by atoms with E-state index in [9.17, 15) is 8.42 Å². The molecule has 0 radical (unpaired) electrons. The minimum atomic E-state index is -3.43. The molecule has 0 aliphatic rings. The molecule has 23 heavy (non-hydrogen) atoms. The fourth-order valence-corrected chi connectivity index (χ4v) is 4.44. The number of aromatic nitrogens is 3. The highest BCUT2D eigenvalue weighted by molar-refractivity contribution is 7.98. The van der Waals surface area contributed by atoms with E-state index in [2.05, 4.69) is 10.2 Å². The molecule has 0 saturated heterocycles. The smallest absolute Gasteiger partial charge is 0.243 e. The maximum Gasteiger partial charge on any atom is 0.243 e. The average molecular weight is 355 g/mol. The van der Waals surface area contributed by atoms with Gasteiger partial charge in [0.1, 0.15) is 0 Å². The quantitative estimate of drug-likeness (QED) is 0.715. The minimum Gasteiger partial charge on any atom is -0.302 e. The molecule has 0 N–H and O–H groups in total. The topological polar surface area (TPSA) is 68.1 Å². The zero-order chi connectivity index (χ0) is 17.0. The molecular formula is C15H22N4O2S2. The molecule has 6 nitrogen and oxygen atoms in total. The van der Waals surface area contributed by atoms with Gasteiger partial charge in [-0.25, -0.2) is 8.42 Å². The molecule has 0 unspecified atom stereocenters. The van der Waals surface area contributed by atoms with Crippen LogP contribution in [0.5, 0.6) is 0 Å². The third-order valence-electron chi connectivity index (χ3n) is 3.67. The zero-order valence-electron chi connectivity index (χ0n) is 13.9. The van der Waals surface area contributed by atoms with Crippen LogP contribution in [0.25, 0.3) is 11.4 Å². The van der Waals surface area contributed by atoms with Crippen molar-refractivity contribution < 1.29 is 8.42 Å². The first-order chi connectivity index (χ1) is 11.0. The minimum absolute atomic E-state index is 0.303. The van der Waals surface area contributed by atoms with E-state index >= 15 is 0 Å². The van der Waals surface area contributed by atoms with Crippen molar-refractivity contribution in [1.82, 2.24) is 19.1 Å². The van der Waals surface area contributed by atoms with Crippen molar-refractivity contribution in [3.8, 4) is 11.4 Å². The molecule has 0 atom stereocenters. The first-order valence-electron chi connectivity index (χ1n) is 7.57. The molecule has 1 aromatic heterocycles. The van der Waals surface area contributed by atoms with Crippen molar-refractivity contribution in [2.45, 2.75) is 37.4 Å². The summed E-state index contributed by atoms with van der Waals surface area (Å²) in [6.07, 6.45) is 1.96. The van der Waals surface area contributed by atoms with Crippen molar-refractivity contribution in [1.29, 1.82) is 0 Å². The Morgan fingerprint density at radius 2 is 1.70 bits per heavy atom. The van der Waals surface area contributed by atoms with E-state index in [-0.39, 0.29) is 0 Å². The summed E-state index contributed by atoms with van der Waals surface area (Å²) in [6.45, 7) is 7.39. The molecule has 0 bridgehead atoms. The summed E-state index contributed by atoms with van der Waals surface area (Å²) in [5, 5.41) is 9.23. The molecule has 2 rings (SSSR count). The van der Waals surface area contributed by atoms with Gasteiger partial charge in [-0.3, -0.25) is 0 Å². The Bertz CT molecular complexity index is 750. The van der Waals surface area contributed by atoms with E-state index in [1.807, 2.05) is 31.6 Å². The number of hydrogen-bond donors (Lipinski definition) is 0. The van der Waals surface area contributed by atoms with Gasteiger partial charge in [-0.15, -0.1) is 10.2 Å². The van der Waals surface area contributed by atoms with E-state index < -0.39 is 10.0 Å². The molecule has 0 saturated carbocycles. The second kappa shape index (κ2) is 7.46. The van der Waals surface area contributed by atoms with Crippen LogP contribution in [0.1, 0.15) is 20.8 Å². The van der Waals surface area contributed by atoms with Crippen molar-refractivity contribution in [2.75, 3.05) is 19.3 Å². The molecule has 1 aromatic carbocycles. The SMILES string of the molecule is CCN(CC)S(=O)(=O)c1ccc(-c2nnc(SC)n2CC)cc1. The number of rotatable bonds is 7. The van der Waals surface area contributed by atoms with Crippen LogP contribution in [-0.2, 0) is 16.6 Å². The predicted octanol–water partition coefficient (Wildman–Crippen LogP) is 2.72. The predicted molar refractivity (Wildman–Crippen MR) is 93.0 cm³/mol. The van der Waals surface area contributed by atoms with Crippen LogP contribution in [0.15, 0.2) is 34.3 Å². The summed E-state index contributed by atoms with van der Waals surface area (Å²) >= 11 is 1.54. The maximum absolute atomic E-state index is 12.5. The van der Waals surface area contributed by atoms with Gasteiger partial charge < -0.3 is 4.57 Å². The molecule has 0 spiro atoms. The normalized spacial score (nSPS) is 12.0. The van der Waals surface area contributed by atoms with Crippen LogP contribution >= 0.6 is 11.8 Å². The molecule has 0 aliphatic heterocycles. The Labute approximate surface area is 142 Å². The Balaban J connectivity index is 2.39. The van der Waals surface area contributed by atoms with Crippen molar-refractivity contribution in [3.05, 3.63) is 24.3 Å². The Hall–Kier alpha value is -1.38. The molecular weight excluding hydrogens is 332 g/mol. The largest absolute Gasteiger partial charge is 0.302 e. The van der Waals surface area contributed by atoms with E-state index in [0.29, 0.717) is 18.0 Å². The van der Waals surface area contributed by atoms with E-state index in [0.717, 1.165) is 23.1 Å². The number of thioether (sulfide) groups is 1. The number of benzene rings is 1. The third kappa shape index (κ3) is 3.44. The van der Waals surface area contributed by atoms with Crippen LogP contribution in [0, 0.1) is 0 Å². The van der Waals surface area contributed by atoms with Gasteiger partial charge in [-0.1, -0.05) is 25.6 Å². The molecule has 0 fully saturated rings. The van der Waals surface area contributed by atoms with Crippen molar-refractivity contribution in [3.63, 3.8) is 0 Å². The van der Waals surface area contributed by atoms with Gasteiger partial charge in [-0.05, 0) is 37.4 Å². The molecule has 126 valence electrons. The second-order valence-electron chi connectivity index (χ2n) is 4.87. The van der Waals surface area contributed by atoms with Crippen molar-refractivity contribution in [2.24, 2.45) is 0 Å². The number of sulfonamides is 1. The fraction of sp³-hybridized carbons (Fsp3) is 0.467. The standard InChI is InChI=1S/C15H22N4O2S2/c1-5-18(6-2)23(20,21)13-10-8-12(9-11-13)14-16-17-15(22-4)19(14)7-3/h8-11H,5-7H2,1-4H3. The van der Waals surface area contributed by atoms with E-state index in [1.54, 1.807) is 24.3 Å². The average Bonchev–Trinajstić information content (AvgIpc) is 2.98. The monoisotopic (exact) mass is 354 g/mol. The van der Waals surface area contributed by atoms with E-state index in [4.69, 9.17) is 0 Å². The number of nitrogens with zero attached hydrogens (tertiary/aromatic N) is 4. The first-order valence-corrected chi connectivity index (χ1v) is 10.2. The Morgan fingerprint density at radius 3 is 2.17 bits per heavy atom. The molecule has 1 heterocycles. The van der Waals surface area contributed by atoms with Crippen LogP contribution in [0.2, 0.25) is 0 Å². The molecule has 2 aromatic rings. The Morgan fingerprint density at radius 1 is 1.09 bits per heavy atom. The third-order valence-corrected chi connectivity index (χ3v) is 6.40. The second-order valence-corrected chi connectivity index (χ2v) is 7.58. The summed E-state index contributed by atoms with van der Waals surface area (Å²) in [7, 11) is -3.43. The lowest BCUT2D eigenvalue weighted by Crippen LogP contribution is -2.30. The summed E-state index contributed by atoms with van der Waals surface area (Å²) in [5.41, 5.74) is 0.859. The Kier molecular flexibility index (Phi) is 5.83. The van der Waals surface area contributed by atoms with E-state index in [1.165, 1.54) is 16.1 Å². The van der Waals surface area contributed by atoms with Gasteiger partial charge in [0.05, 0.1) is 4.90 Å². The van der Waals surface area contributed by atoms with Gasteiger partial charge >= 0.3 is 0 Å². The maximum atomic E-state index is 12.5. The summed E-state index contributed by atoms with van der Waals surface area (Å²) < 4.78 is 28.5. The first kappa shape index (κ1) is 18.0. The molecule has 0 amide bonds. The summed E-state index contributed by atoms with van der Waals surface area (Å²) in [5.74, 6) is 0.753. The molecule has 0 aliphatic carbocycles. The van der Waals surface area contributed by atoms with Crippen molar-refractivity contribution >= 4 is 21.8 Å². The van der Waals surface area contributed by atoms with Gasteiger partial charge in [0.15, 0.2) is 11.0 Å². The summed E-state index contributed by atoms with van der Waals surface area (Å²) in [4.78, 5) is 0.303. The lowest BCUT2D eigenvalue weighted by Gasteiger charge is -2.18. The van der Waals surface area contributed by atoms with Gasteiger partial charge in [0.2, 0.25) is 10.0 Å². The lowest BCUT2D eigenvalue weighted by molar-refractivity contribution is 0.445.